The number of hydrogen-bond donors (Lipinski definition) is 2. The molecule has 0 aromatic heterocycles. The average molecular weight is 371 g/mol. The number of phosphoric ester groups is 1. The molecule has 1 amide bonds. The quantitative estimate of drug-likeness (QED) is 0.579. The molecule has 9 heteroatoms. The predicted molar refractivity (Wildman–Crippen MR) is 88.3 cm³/mol. The van der Waals surface area contributed by atoms with E-state index in [0.29, 0.717) is 0 Å². The monoisotopic (exact) mass is 371 g/mol. The van der Waals surface area contributed by atoms with Crippen LogP contribution in [-0.4, -0.2) is 36.0 Å². The summed E-state index contributed by atoms with van der Waals surface area (Å²) in [5, 5.41) is 2.52. The molecule has 1 fully saturated rings. The third kappa shape index (κ3) is 5.93. The van der Waals surface area contributed by atoms with Gasteiger partial charge in [0.1, 0.15) is 6.61 Å². The molecule has 138 valence electrons. The second-order valence-electron chi connectivity index (χ2n) is 6.40. The minimum atomic E-state index is -4.22. The van der Waals surface area contributed by atoms with Crippen molar-refractivity contribution in [2.24, 2.45) is 5.41 Å². The number of rotatable bonds is 6. The lowest BCUT2D eigenvalue weighted by Crippen LogP contribution is -2.49. The van der Waals surface area contributed by atoms with Gasteiger partial charge in [0.2, 0.25) is 5.91 Å². The maximum Gasteiger partial charge on any atom is 0.472 e. The van der Waals surface area contributed by atoms with Gasteiger partial charge >= 0.3 is 13.8 Å². The lowest BCUT2D eigenvalue weighted by atomic mass is 9.87. The van der Waals surface area contributed by atoms with E-state index >= 15 is 0 Å². The van der Waals surface area contributed by atoms with E-state index in [1.165, 1.54) is 0 Å². The van der Waals surface area contributed by atoms with Crippen molar-refractivity contribution in [3.63, 3.8) is 0 Å². The summed E-state index contributed by atoms with van der Waals surface area (Å²) in [6.07, 6.45) is -1.16. The summed E-state index contributed by atoms with van der Waals surface area (Å²) in [7, 11) is -4.22. The van der Waals surface area contributed by atoms with Gasteiger partial charge in [0, 0.05) is 12.0 Å². The maximum absolute atomic E-state index is 12.2. The summed E-state index contributed by atoms with van der Waals surface area (Å²) < 4.78 is 26.2. The normalized spacial score (nSPS) is 25.2. The van der Waals surface area contributed by atoms with E-state index in [4.69, 9.17) is 13.8 Å². The largest absolute Gasteiger partial charge is 0.472 e. The van der Waals surface area contributed by atoms with Gasteiger partial charge < -0.3 is 14.9 Å². The molecular formula is C16H22NO7P. The van der Waals surface area contributed by atoms with Gasteiger partial charge in [-0.3, -0.25) is 18.6 Å². The van der Waals surface area contributed by atoms with Crippen molar-refractivity contribution in [1.29, 1.82) is 0 Å². The van der Waals surface area contributed by atoms with Crippen LogP contribution in [0.15, 0.2) is 30.3 Å². The summed E-state index contributed by atoms with van der Waals surface area (Å²) in [5.74, 6) is -1.03. The third-order valence-electron chi connectivity index (χ3n) is 3.66. The molecular weight excluding hydrogens is 349 g/mol. The van der Waals surface area contributed by atoms with E-state index in [2.05, 4.69) is 5.32 Å². The van der Waals surface area contributed by atoms with E-state index in [9.17, 15) is 19.0 Å². The van der Waals surface area contributed by atoms with Crippen LogP contribution in [0.25, 0.3) is 0 Å². The lowest BCUT2D eigenvalue weighted by molar-refractivity contribution is -0.145. The Kier molecular flexibility index (Phi) is 6.35. The van der Waals surface area contributed by atoms with Crippen molar-refractivity contribution in [3.05, 3.63) is 35.9 Å². The molecule has 0 aliphatic carbocycles. The molecule has 8 nitrogen and oxygen atoms in total. The van der Waals surface area contributed by atoms with Crippen molar-refractivity contribution in [2.75, 3.05) is 13.2 Å². The van der Waals surface area contributed by atoms with Gasteiger partial charge in [0.25, 0.3) is 0 Å². The molecule has 1 aliphatic heterocycles. The van der Waals surface area contributed by atoms with Crippen molar-refractivity contribution in [1.82, 2.24) is 5.32 Å². The number of amides is 1. The Morgan fingerprint density at radius 2 is 2.04 bits per heavy atom. The van der Waals surface area contributed by atoms with Crippen LogP contribution in [-0.2, 0) is 34.5 Å². The van der Waals surface area contributed by atoms with Gasteiger partial charge in [0.05, 0.1) is 13.0 Å². The van der Waals surface area contributed by atoms with Gasteiger partial charge in [-0.25, -0.2) is 4.57 Å². The first kappa shape index (κ1) is 19.6. The van der Waals surface area contributed by atoms with Gasteiger partial charge in [-0.15, -0.1) is 0 Å². The summed E-state index contributed by atoms with van der Waals surface area (Å²) >= 11 is 0. The molecule has 2 rings (SSSR count). The van der Waals surface area contributed by atoms with Crippen LogP contribution in [0.1, 0.15) is 25.8 Å². The van der Waals surface area contributed by atoms with E-state index in [-0.39, 0.29) is 26.2 Å². The molecule has 1 heterocycles. The molecule has 1 saturated heterocycles. The number of ether oxygens (including phenoxy) is 1. The molecule has 1 aromatic carbocycles. The molecule has 0 radical (unpaired) electrons. The molecule has 1 aliphatic rings. The second-order valence-corrected chi connectivity index (χ2v) is 7.81. The average Bonchev–Trinajstić information content (AvgIpc) is 2.56. The molecule has 0 saturated carbocycles. The van der Waals surface area contributed by atoms with Crippen LogP contribution in [0.3, 0.4) is 0 Å². The minimum absolute atomic E-state index is 0.0149. The van der Waals surface area contributed by atoms with Crippen molar-refractivity contribution >= 4 is 19.7 Å². The van der Waals surface area contributed by atoms with E-state index < -0.39 is 31.2 Å². The number of benzene rings is 1. The number of carbonyl (C=O) groups excluding carboxylic acids is 2. The molecule has 0 spiro atoms. The fourth-order valence-corrected chi connectivity index (χ4v) is 3.43. The Bertz CT molecular complexity index is 662. The summed E-state index contributed by atoms with van der Waals surface area (Å²) in [5.41, 5.74) is 0.102. The van der Waals surface area contributed by atoms with Crippen LogP contribution in [0.5, 0.6) is 0 Å². The number of phosphoric acid groups is 1. The summed E-state index contributed by atoms with van der Waals surface area (Å²) in [6.45, 7) is 3.49. The SMILES string of the molecule is CC1(C)COP(=O)(O)O[C@H]1C(=O)NCCC(=O)OCc1ccccc1. The van der Waals surface area contributed by atoms with Crippen LogP contribution >= 0.6 is 7.82 Å². The van der Waals surface area contributed by atoms with Gasteiger partial charge in [0.15, 0.2) is 6.10 Å². The van der Waals surface area contributed by atoms with Crippen molar-refractivity contribution in [3.8, 4) is 0 Å². The highest BCUT2D eigenvalue weighted by atomic mass is 31.2. The number of hydrogen-bond acceptors (Lipinski definition) is 6. The smallest absolute Gasteiger partial charge is 0.461 e. The third-order valence-corrected chi connectivity index (χ3v) is 4.59. The summed E-state index contributed by atoms with van der Waals surface area (Å²) in [4.78, 5) is 33.3. The highest BCUT2D eigenvalue weighted by molar-refractivity contribution is 7.47. The van der Waals surface area contributed by atoms with Gasteiger partial charge in [-0.1, -0.05) is 44.2 Å². The van der Waals surface area contributed by atoms with Crippen LogP contribution in [0.2, 0.25) is 0 Å². The molecule has 1 aromatic rings. The van der Waals surface area contributed by atoms with Crippen LogP contribution in [0, 0.1) is 5.41 Å². The first-order valence-corrected chi connectivity index (χ1v) is 9.32. The molecule has 2 atom stereocenters. The first-order chi connectivity index (χ1) is 11.7. The maximum atomic E-state index is 12.2. The second kappa shape index (κ2) is 8.10. The Morgan fingerprint density at radius 3 is 2.72 bits per heavy atom. The zero-order valence-electron chi connectivity index (χ0n) is 14.1. The van der Waals surface area contributed by atoms with Gasteiger partial charge in [-0.05, 0) is 5.56 Å². The Hall–Kier alpha value is -1.73. The number of nitrogens with one attached hydrogen (secondary N) is 1. The van der Waals surface area contributed by atoms with E-state index in [1.807, 2.05) is 30.3 Å². The zero-order valence-corrected chi connectivity index (χ0v) is 15.0. The van der Waals surface area contributed by atoms with Crippen molar-refractivity contribution in [2.45, 2.75) is 33.0 Å². The fraction of sp³-hybridized carbons (Fsp3) is 0.500. The van der Waals surface area contributed by atoms with Crippen LogP contribution < -0.4 is 5.32 Å². The Morgan fingerprint density at radius 1 is 1.36 bits per heavy atom. The number of esters is 1. The molecule has 1 unspecified atom stereocenters. The van der Waals surface area contributed by atoms with E-state index in [0.717, 1.165) is 5.56 Å². The fourth-order valence-electron chi connectivity index (χ4n) is 2.22. The number of carbonyl (C=O) groups is 2. The molecule has 0 bridgehead atoms. The topological polar surface area (TPSA) is 111 Å². The first-order valence-electron chi connectivity index (χ1n) is 7.83. The highest BCUT2D eigenvalue weighted by Crippen LogP contribution is 2.52. The minimum Gasteiger partial charge on any atom is -0.461 e. The van der Waals surface area contributed by atoms with Crippen LogP contribution in [0.4, 0.5) is 0 Å². The lowest BCUT2D eigenvalue weighted by Gasteiger charge is -2.38. The molecule has 2 N–H and O–H groups in total. The predicted octanol–water partition coefficient (Wildman–Crippen LogP) is 1.78. The van der Waals surface area contributed by atoms with Gasteiger partial charge in [-0.2, -0.15) is 0 Å². The molecule has 25 heavy (non-hydrogen) atoms. The Balaban J connectivity index is 1.75. The summed E-state index contributed by atoms with van der Waals surface area (Å²) in [6, 6.07) is 9.24. The Labute approximate surface area is 146 Å². The van der Waals surface area contributed by atoms with E-state index in [1.54, 1.807) is 13.8 Å². The highest BCUT2D eigenvalue weighted by Gasteiger charge is 2.47. The zero-order chi connectivity index (χ0) is 18.5. The van der Waals surface area contributed by atoms with Crippen molar-refractivity contribution < 1.29 is 32.8 Å². The standard InChI is InChI=1S/C16H22NO7P/c1-16(2)11-23-25(20,21)24-14(16)15(19)17-9-8-13(18)22-10-12-6-4-3-5-7-12/h3-7,14H,8-11H2,1-2H3,(H,17,19)(H,20,21)/t14-/m0/s1.